The van der Waals surface area contributed by atoms with Gasteiger partial charge in [-0.3, -0.25) is 4.79 Å². The van der Waals surface area contributed by atoms with Crippen molar-refractivity contribution in [3.63, 3.8) is 0 Å². The number of rotatable bonds is 5. The number of amides is 1. The third-order valence-electron chi connectivity index (χ3n) is 4.00. The fourth-order valence-electron chi connectivity index (χ4n) is 3.00. The number of nitrogens with one attached hydrogen (secondary N) is 1. The zero-order valence-electron chi connectivity index (χ0n) is 13.7. The van der Waals surface area contributed by atoms with E-state index < -0.39 is 10.0 Å². The first-order valence-electron chi connectivity index (χ1n) is 7.84. The van der Waals surface area contributed by atoms with Gasteiger partial charge in [-0.05, 0) is 42.5 Å². The van der Waals surface area contributed by atoms with E-state index >= 15 is 0 Å². The van der Waals surface area contributed by atoms with Crippen molar-refractivity contribution in [1.82, 2.24) is 9.62 Å². The summed E-state index contributed by atoms with van der Waals surface area (Å²) in [6.45, 7) is 9.16. The molecule has 1 aromatic carbocycles. The normalized spacial score (nSPS) is 22.5. The van der Waals surface area contributed by atoms with Crippen LogP contribution >= 0.6 is 0 Å². The number of carbonyl (C=O) groups is 1. The van der Waals surface area contributed by atoms with E-state index in [0.29, 0.717) is 37.0 Å². The molecule has 2 atom stereocenters. The summed E-state index contributed by atoms with van der Waals surface area (Å²) in [5.74, 6) is 0.476. The van der Waals surface area contributed by atoms with E-state index in [9.17, 15) is 13.2 Å². The molecule has 1 amide bonds. The Hall–Kier alpha value is -1.66. The molecule has 2 rings (SSSR count). The van der Waals surface area contributed by atoms with Crippen LogP contribution in [0.5, 0.6) is 0 Å². The average molecular weight is 336 g/mol. The summed E-state index contributed by atoms with van der Waals surface area (Å²) in [7, 11) is -3.50. The lowest BCUT2D eigenvalue weighted by Gasteiger charge is -2.34. The van der Waals surface area contributed by atoms with Crippen molar-refractivity contribution in [1.29, 1.82) is 0 Å². The van der Waals surface area contributed by atoms with Crippen molar-refractivity contribution in [3.8, 4) is 0 Å². The minimum Gasteiger partial charge on any atom is -0.349 e. The van der Waals surface area contributed by atoms with Gasteiger partial charge < -0.3 is 5.32 Å². The standard InChI is InChI=1S/C17H24N2O3S/c1-4-9-18-17(20)15-5-7-16(8-6-15)23(21,22)19-11-13(2)10-14(3)12-19/h4-8,13-14H,1,9-12H2,2-3H3,(H,18,20)/t13-,14-/m1/s1. The third kappa shape index (κ3) is 4.20. The van der Waals surface area contributed by atoms with Crippen molar-refractivity contribution in [3.05, 3.63) is 42.5 Å². The van der Waals surface area contributed by atoms with Crippen LogP contribution in [0.3, 0.4) is 0 Å². The van der Waals surface area contributed by atoms with Gasteiger partial charge in [0.25, 0.3) is 5.91 Å². The zero-order valence-corrected chi connectivity index (χ0v) is 14.5. The second-order valence-electron chi connectivity index (χ2n) is 6.29. The van der Waals surface area contributed by atoms with Crippen LogP contribution < -0.4 is 5.32 Å². The topological polar surface area (TPSA) is 66.5 Å². The molecule has 0 radical (unpaired) electrons. The lowest BCUT2D eigenvalue weighted by Crippen LogP contribution is -2.42. The maximum Gasteiger partial charge on any atom is 0.251 e. The molecule has 6 heteroatoms. The zero-order chi connectivity index (χ0) is 17.0. The van der Waals surface area contributed by atoms with Gasteiger partial charge in [0.15, 0.2) is 0 Å². The molecule has 0 spiro atoms. The van der Waals surface area contributed by atoms with E-state index in [1.54, 1.807) is 22.5 Å². The number of hydrogen-bond donors (Lipinski definition) is 1. The largest absolute Gasteiger partial charge is 0.349 e. The Bertz CT molecular complexity index is 658. The smallest absolute Gasteiger partial charge is 0.251 e. The SMILES string of the molecule is C=CCNC(=O)c1ccc(S(=O)(=O)N2C[C@H](C)C[C@@H](C)C2)cc1. The molecule has 0 aromatic heterocycles. The molecule has 23 heavy (non-hydrogen) atoms. The second kappa shape index (κ2) is 7.27. The summed E-state index contributed by atoms with van der Waals surface area (Å²) in [6.07, 6.45) is 2.64. The van der Waals surface area contributed by atoms with Gasteiger partial charge in [0.2, 0.25) is 10.0 Å². The summed E-state index contributed by atoms with van der Waals surface area (Å²) >= 11 is 0. The van der Waals surface area contributed by atoms with Gasteiger partial charge in [-0.15, -0.1) is 6.58 Å². The Morgan fingerprint density at radius 3 is 2.35 bits per heavy atom. The first kappa shape index (κ1) is 17.7. The van der Waals surface area contributed by atoms with E-state index in [2.05, 4.69) is 25.7 Å². The van der Waals surface area contributed by atoms with Crippen LogP contribution in [-0.4, -0.2) is 38.3 Å². The van der Waals surface area contributed by atoms with Gasteiger partial charge in [-0.1, -0.05) is 19.9 Å². The van der Waals surface area contributed by atoms with Crippen molar-refractivity contribution in [2.45, 2.75) is 25.2 Å². The molecular weight excluding hydrogens is 312 g/mol. The molecule has 126 valence electrons. The minimum absolute atomic E-state index is 0.235. The van der Waals surface area contributed by atoms with E-state index in [1.165, 1.54) is 12.1 Å². The molecule has 1 heterocycles. The molecule has 0 aliphatic carbocycles. The molecule has 1 aliphatic heterocycles. The van der Waals surface area contributed by atoms with Crippen LogP contribution in [0.4, 0.5) is 0 Å². The van der Waals surface area contributed by atoms with Crippen LogP contribution in [0, 0.1) is 11.8 Å². The van der Waals surface area contributed by atoms with Crippen molar-refractivity contribution >= 4 is 15.9 Å². The van der Waals surface area contributed by atoms with Gasteiger partial charge in [0, 0.05) is 25.2 Å². The number of carbonyl (C=O) groups excluding carboxylic acids is 1. The molecule has 1 fully saturated rings. The van der Waals surface area contributed by atoms with Gasteiger partial charge in [0.1, 0.15) is 0 Å². The fourth-order valence-corrected chi connectivity index (χ4v) is 4.68. The quantitative estimate of drug-likeness (QED) is 0.839. The molecule has 5 nitrogen and oxygen atoms in total. The van der Waals surface area contributed by atoms with Crippen molar-refractivity contribution < 1.29 is 13.2 Å². The first-order chi connectivity index (χ1) is 10.8. The van der Waals surface area contributed by atoms with Gasteiger partial charge in [0.05, 0.1) is 4.90 Å². The second-order valence-corrected chi connectivity index (χ2v) is 8.23. The van der Waals surface area contributed by atoms with Gasteiger partial charge in [-0.25, -0.2) is 8.42 Å². The van der Waals surface area contributed by atoms with Gasteiger partial charge >= 0.3 is 0 Å². The number of benzene rings is 1. The van der Waals surface area contributed by atoms with Crippen LogP contribution in [0.25, 0.3) is 0 Å². The minimum atomic E-state index is -3.50. The highest BCUT2D eigenvalue weighted by atomic mass is 32.2. The Morgan fingerprint density at radius 2 is 1.83 bits per heavy atom. The van der Waals surface area contributed by atoms with Crippen LogP contribution in [0.2, 0.25) is 0 Å². The van der Waals surface area contributed by atoms with Crippen LogP contribution in [0.15, 0.2) is 41.8 Å². The van der Waals surface area contributed by atoms with E-state index in [-0.39, 0.29) is 10.8 Å². The summed E-state index contributed by atoms with van der Waals surface area (Å²) in [6, 6.07) is 6.09. The molecule has 0 saturated carbocycles. The Balaban J connectivity index is 2.17. The number of nitrogens with zero attached hydrogens (tertiary/aromatic N) is 1. The van der Waals surface area contributed by atoms with Crippen molar-refractivity contribution in [2.75, 3.05) is 19.6 Å². The highest BCUT2D eigenvalue weighted by Crippen LogP contribution is 2.26. The van der Waals surface area contributed by atoms with Crippen LogP contribution in [0.1, 0.15) is 30.6 Å². The molecule has 0 unspecified atom stereocenters. The van der Waals surface area contributed by atoms with E-state index in [1.807, 2.05) is 0 Å². The first-order valence-corrected chi connectivity index (χ1v) is 9.28. The van der Waals surface area contributed by atoms with Gasteiger partial charge in [-0.2, -0.15) is 4.31 Å². The van der Waals surface area contributed by atoms with Crippen LogP contribution in [-0.2, 0) is 10.0 Å². The monoisotopic (exact) mass is 336 g/mol. The highest BCUT2D eigenvalue weighted by molar-refractivity contribution is 7.89. The molecular formula is C17H24N2O3S. The predicted octanol–water partition coefficient (Wildman–Crippen LogP) is 2.27. The molecule has 1 aromatic rings. The predicted molar refractivity (Wildman–Crippen MR) is 90.7 cm³/mol. The summed E-state index contributed by atoms with van der Waals surface area (Å²) in [4.78, 5) is 12.1. The Morgan fingerprint density at radius 1 is 1.26 bits per heavy atom. The highest BCUT2D eigenvalue weighted by Gasteiger charge is 2.31. The van der Waals surface area contributed by atoms with Crippen molar-refractivity contribution in [2.24, 2.45) is 11.8 Å². The molecule has 1 aliphatic rings. The molecule has 1 N–H and O–H groups in total. The summed E-state index contributed by atoms with van der Waals surface area (Å²) in [5.41, 5.74) is 0.436. The summed E-state index contributed by atoms with van der Waals surface area (Å²) < 4.78 is 27.0. The molecule has 1 saturated heterocycles. The third-order valence-corrected chi connectivity index (χ3v) is 5.84. The average Bonchev–Trinajstić information content (AvgIpc) is 2.51. The van der Waals surface area contributed by atoms with E-state index in [4.69, 9.17) is 0 Å². The summed E-state index contributed by atoms with van der Waals surface area (Å²) in [5, 5.41) is 2.66. The maximum atomic E-state index is 12.7. The fraction of sp³-hybridized carbons (Fsp3) is 0.471. The lowest BCUT2D eigenvalue weighted by atomic mass is 9.94. The number of sulfonamides is 1. The number of piperidine rings is 1. The Labute approximate surface area is 138 Å². The number of hydrogen-bond acceptors (Lipinski definition) is 3. The van der Waals surface area contributed by atoms with E-state index in [0.717, 1.165) is 6.42 Å². The lowest BCUT2D eigenvalue weighted by molar-refractivity contribution is 0.0958. The molecule has 0 bridgehead atoms. The maximum absolute atomic E-state index is 12.7. The Kier molecular flexibility index (Phi) is 5.59.